The third kappa shape index (κ3) is 1.90. The van der Waals surface area contributed by atoms with Crippen molar-refractivity contribution in [1.82, 2.24) is 0 Å². The van der Waals surface area contributed by atoms with Crippen molar-refractivity contribution in [3.63, 3.8) is 0 Å². The molecule has 0 saturated heterocycles. The Hall–Kier alpha value is -2.95. The minimum Gasteiger partial charge on any atom is -0.212 e. The first-order chi connectivity index (χ1) is 10.3. The number of nitrogens with zero attached hydrogens (tertiary/aromatic N) is 2. The van der Waals surface area contributed by atoms with Crippen molar-refractivity contribution in [3.05, 3.63) is 76.4 Å². The monoisotopic (exact) mass is 288 g/mol. The molecule has 0 spiro atoms. The lowest BCUT2D eigenvalue weighted by molar-refractivity contribution is 0.701. The molecule has 2 aromatic carbocycles. The predicted octanol–water partition coefficient (Wildman–Crippen LogP) is 2.63. The van der Waals surface area contributed by atoms with E-state index in [-0.39, 0.29) is 5.57 Å². The van der Waals surface area contributed by atoms with Crippen LogP contribution in [0.1, 0.15) is 22.3 Å². The molecule has 4 heteroatoms. The Bertz CT molecular complexity index is 855. The number of benzene rings is 2. The van der Waals surface area contributed by atoms with Crippen LogP contribution >= 0.6 is 0 Å². The van der Waals surface area contributed by atoms with Gasteiger partial charge in [-0.1, -0.05) is 48.5 Å². The van der Waals surface area contributed by atoms with Gasteiger partial charge in [-0.05, 0) is 11.1 Å². The van der Waals surface area contributed by atoms with Crippen molar-refractivity contribution < 1.29 is 4.21 Å². The molecule has 21 heavy (non-hydrogen) atoms. The van der Waals surface area contributed by atoms with Crippen molar-refractivity contribution >= 4 is 21.7 Å². The SMILES string of the molecule is N#CC(C#N)=C1c2ccccc2C(=S=O)c2ccccc21. The lowest BCUT2D eigenvalue weighted by Gasteiger charge is -2.23. The van der Waals surface area contributed by atoms with E-state index in [2.05, 4.69) is 0 Å². The van der Waals surface area contributed by atoms with E-state index in [4.69, 9.17) is 0 Å². The molecule has 0 unspecified atom stereocenters. The van der Waals surface area contributed by atoms with Gasteiger partial charge in [-0.25, -0.2) is 4.21 Å². The van der Waals surface area contributed by atoms with E-state index in [1.54, 1.807) is 0 Å². The molecular weight excluding hydrogens is 280 g/mol. The summed E-state index contributed by atoms with van der Waals surface area (Å²) in [6, 6.07) is 18.7. The van der Waals surface area contributed by atoms with Crippen molar-refractivity contribution in [3.8, 4) is 12.1 Å². The Labute approximate surface area is 125 Å². The van der Waals surface area contributed by atoms with E-state index >= 15 is 0 Å². The van der Waals surface area contributed by atoms with Gasteiger partial charge in [-0.15, -0.1) is 0 Å². The predicted molar refractivity (Wildman–Crippen MR) is 81.5 cm³/mol. The van der Waals surface area contributed by atoms with Crippen molar-refractivity contribution in [2.45, 2.75) is 0 Å². The summed E-state index contributed by atoms with van der Waals surface area (Å²) in [7, 11) is 0. The number of hydrogen-bond donors (Lipinski definition) is 0. The van der Waals surface area contributed by atoms with Crippen LogP contribution in [0.2, 0.25) is 0 Å². The average molecular weight is 288 g/mol. The van der Waals surface area contributed by atoms with E-state index in [0.29, 0.717) is 21.7 Å². The van der Waals surface area contributed by atoms with Gasteiger partial charge in [0.1, 0.15) is 17.7 Å². The fourth-order valence-corrected chi connectivity index (χ4v) is 3.12. The largest absolute Gasteiger partial charge is 0.212 e. The third-order valence-corrected chi connectivity index (χ3v) is 4.05. The molecule has 0 N–H and O–H groups in total. The lowest BCUT2D eigenvalue weighted by atomic mass is 9.80. The summed E-state index contributed by atoms with van der Waals surface area (Å²) < 4.78 is 11.6. The van der Waals surface area contributed by atoms with Crippen LogP contribution in [-0.4, -0.2) is 9.07 Å². The molecule has 0 aliphatic heterocycles. The van der Waals surface area contributed by atoms with Crippen LogP contribution in [0.15, 0.2) is 54.1 Å². The minimum atomic E-state index is 0.0600. The van der Waals surface area contributed by atoms with E-state index in [1.807, 2.05) is 60.7 Å². The molecule has 98 valence electrons. The summed E-state index contributed by atoms with van der Waals surface area (Å²) in [6.45, 7) is 0. The summed E-state index contributed by atoms with van der Waals surface area (Å²) in [5.74, 6) is 0. The molecule has 0 amide bonds. The highest BCUT2D eigenvalue weighted by molar-refractivity contribution is 7.67. The smallest absolute Gasteiger partial charge is 0.138 e. The van der Waals surface area contributed by atoms with Crippen LogP contribution in [0, 0.1) is 22.7 Å². The van der Waals surface area contributed by atoms with Crippen LogP contribution in [0.5, 0.6) is 0 Å². The molecule has 0 radical (unpaired) electrons. The van der Waals surface area contributed by atoms with Crippen molar-refractivity contribution in [2.75, 3.05) is 0 Å². The Kier molecular flexibility index (Phi) is 3.23. The number of allylic oxidation sites excluding steroid dienone is 1. The summed E-state index contributed by atoms with van der Waals surface area (Å²) >= 11 is 0.438. The quantitative estimate of drug-likeness (QED) is 0.472. The van der Waals surface area contributed by atoms with Crippen LogP contribution in [0.3, 0.4) is 0 Å². The number of rotatable bonds is 0. The Morgan fingerprint density at radius 3 is 1.62 bits per heavy atom. The molecule has 0 fully saturated rings. The normalized spacial score (nSPS) is 11.7. The zero-order valence-corrected chi connectivity index (χ0v) is 11.6. The summed E-state index contributed by atoms with van der Waals surface area (Å²) in [6.07, 6.45) is 0. The third-order valence-electron chi connectivity index (χ3n) is 3.44. The second-order valence-electron chi connectivity index (χ2n) is 4.48. The summed E-state index contributed by atoms with van der Waals surface area (Å²) in [5, 5.41) is 18.5. The molecule has 1 aliphatic rings. The molecule has 2 aromatic rings. The summed E-state index contributed by atoms with van der Waals surface area (Å²) in [5.41, 5.74) is 3.72. The zero-order valence-electron chi connectivity index (χ0n) is 10.8. The fraction of sp³-hybridized carbons (Fsp3) is 0. The molecule has 0 bridgehead atoms. The summed E-state index contributed by atoms with van der Waals surface area (Å²) in [4.78, 5) is 0.625. The lowest BCUT2D eigenvalue weighted by Crippen LogP contribution is -2.16. The molecule has 0 saturated carbocycles. The maximum absolute atomic E-state index is 11.6. The Balaban J connectivity index is 2.53. The molecule has 3 rings (SSSR count). The van der Waals surface area contributed by atoms with Gasteiger partial charge >= 0.3 is 0 Å². The number of fused-ring (bicyclic) bond motifs is 2. The second-order valence-corrected chi connectivity index (χ2v) is 5.05. The molecule has 0 aromatic heterocycles. The van der Waals surface area contributed by atoms with E-state index in [9.17, 15) is 14.7 Å². The van der Waals surface area contributed by atoms with Gasteiger partial charge in [0.2, 0.25) is 0 Å². The van der Waals surface area contributed by atoms with Gasteiger partial charge in [-0.3, -0.25) is 0 Å². The maximum Gasteiger partial charge on any atom is 0.138 e. The standard InChI is InChI=1S/C17H8N2OS/c18-9-11(10-19)16-12-5-1-3-7-14(12)17(21-20)15-8-4-2-6-13(15)16/h1-8H. The van der Waals surface area contributed by atoms with Gasteiger partial charge in [-0.2, -0.15) is 10.5 Å². The first-order valence-electron chi connectivity index (χ1n) is 6.22. The van der Waals surface area contributed by atoms with Gasteiger partial charge < -0.3 is 0 Å². The van der Waals surface area contributed by atoms with Gasteiger partial charge in [0, 0.05) is 16.7 Å². The first kappa shape index (κ1) is 13.1. The molecule has 0 heterocycles. The fourth-order valence-electron chi connectivity index (χ4n) is 2.58. The highest BCUT2D eigenvalue weighted by Gasteiger charge is 2.27. The highest BCUT2D eigenvalue weighted by Crippen LogP contribution is 2.37. The first-order valence-corrected chi connectivity index (χ1v) is 6.96. The van der Waals surface area contributed by atoms with Crippen LogP contribution in [0.4, 0.5) is 0 Å². The minimum absolute atomic E-state index is 0.0600. The second kappa shape index (κ2) is 5.20. The van der Waals surface area contributed by atoms with E-state index < -0.39 is 0 Å². The maximum atomic E-state index is 11.6. The molecule has 0 atom stereocenters. The zero-order chi connectivity index (χ0) is 14.8. The van der Waals surface area contributed by atoms with Gasteiger partial charge in [0.05, 0.1) is 16.1 Å². The molecule has 3 nitrogen and oxygen atoms in total. The van der Waals surface area contributed by atoms with Crippen molar-refractivity contribution in [1.29, 1.82) is 10.5 Å². The Morgan fingerprint density at radius 2 is 1.24 bits per heavy atom. The van der Waals surface area contributed by atoms with Crippen LogP contribution in [0.25, 0.3) is 5.57 Å². The van der Waals surface area contributed by atoms with Gasteiger partial charge in [0.25, 0.3) is 0 Å². The van der Waals surface area contributed by atoms with E-state index in [1.165, 1.54) is 0 Å². The topological polar surface area (TPSA) is 64.7 Å². The van der Waals surface area contributed by atoms with Crippen LogP contribution in [-0.2, 0) is 11.3 Å². The van der Waals surface area contributed by atoms with Crippen molar-refractivity contribution in [2.24, 2.45) is 0 Å². The van der Waals surface area contributed by atoms with Gasteiger partial charge in [0.15, 0.2) is 0 Å². The Morgan fingerprint density at radius 1 is 0.810 bits per heavy atom. The molecular formula is C17H8N2OS. The average Bonchev–Trinajstić information content (AvgIpc) is 2.55. The van der Waals surface area contributed by atoms with Crippen LogP contribution < -0.4 is 0 Å². The van der Waals surface area contributed by atoms with E-state index in [0.717, 1.165) is 22.3 Å². The number of nitriles is 2. The number of hydrogen-bond acceptors (Lipinski definition) is 3. The molecule has 1 aliphatic carbocycles. The highest BCUT2D eigenvalue weighted by atomic mass is 32.1.